The highest BCUT2D eigenvalue weighted by atomic mass is 19.1. The van der Waals surface area contributed by atoms with E-state index in [1.165, 1.54) is 6.07 Å². The number of nitrogens with one attached hydrogen (secondary N) is 1. The first-order valence-corrected chi connectivity index (χ1v) is 8.82. The van der Waals surface area contributed by atoms with E-state index in [4.69, 9.17) is 0 Å². The molecular formula is C19H25FN4O. The third-order valence-electron chi connectivity index (χ3n) is 4.74. The largest absolute Gasteiger partial charge is 0.355 e. The van der Waals surface area contributed by atoms with Crippen LogP contribution in [0, 0.1) is 11.7 Å². The lowest BCUT2D eigenvalue weighted by Gasteiger charge is -2.32. The number of halogens is 1. The number of likely N-dealkylation sites (tertiary alicyclic amines) is 1. The number of carbonyl (C=O) groups excluding carboxylic acids is 1. The van der Waals surface area contributed by atoms with Gasteiger partial charge in [-0.2, -0.15) is 0 Å². The number of rotatable bonds is 6. The van der Waals surface area contributed by atoms with Gasteiger partial charge in [-0.3, -0.25) is 9.69 Å². The van der Waals surface area contributed by atoms with E-state index < -0.39 is 0 Å². The SMILES string of the molecule is Cn1ccnc1CCNC(=O)[C@@H]1CCCN(Cc2cccc(F)c2)C1. The quantitative estimate of drug-likeness (QED) is 0.873. The van der Waals surface area contributed by atoms with Crippen LogP contribution in [0.25, 0.3) is 0 Å². The zero-order valence-corrected chi connectivity index (χ0v) is 14.6. The average molecular weight is 344 g/mol. The number of hydrogen-bond acceptors (Lipinski definition) is 3. The first-order chi connectivity index (χ1) is 12.1. The van der Waals surface area contributed by atoms with E-state index in [-0.39, 0.29) is 17.6 Å². The number of nitrogens with zero attached hydrogens (tertiary/aromatic N) is 3. The van der Waals surface area contributed by atoms with Crippen LogP contribution in [0.4, 0.5) is 4.39 Å². The van der Waals surface area contributed by atoms with Crippen molar-refractivity contribution in [2.24, 2.45) is 13.0 Å². The summed E-state index contributed by atoms with van der Waals surface area (Å²) in [5, 5.41) is 3.03. The van der Waals surface area contributed by atoms with Crippen molar-refractivity contribution >= 4 is 5.91 Å². The highest BCUT2D eigenvalue weighted by Crippen LogP contribution is 2.19. The normalized spacial score (nSPS) is 18.2. The van der Waals surface area contributed by atoms with Gasteiger partial charge in [0.15, 0.2) is 0 Å². The van der Waals surface area contributed by atoms with Gasteiger partial charge in [-0.15, -0.1) is 0 Å². The molecule has 0 saturated carbocycles. The molecule has 134 valence electrons. The second kappa shape index (κ2) is 8.25. The summed E-state index contributed by atoms with van der Waals surface area (Å²) in [5.41, 5.74) is 0.954. The third kappa shape index (κ3) is 4.89. The first-order valence-electron chi connectivity index (χ1n) is 8.82. The van der Waals surface area contributed by atoms with Gasteiger partial charge in [-0.25, -0.2) is 9.37 Å². The molecule has 0 unspecified atom stereocenters. The van der Waals surface area contributed by atoms with Crippen LogP contribution in [0.1, 0.15) is 24.2 Å². The van der Waals surface area contributed by atoms with Gasteiger partial charge in [0.2, 0.25) is 5.91 Å². The van der Waals surface area contributed by atoms with Crippen LogP contribution in [0.3, 0.4) is 0 Å². The van der Waals surface area contributed by atoms with E-state index in [2.05, 4.69) is 15.2 Å². The summed E-state index contributed by atoms with van der Waals surface area (Å²) in [4.78, 5) is 18.9. The van der Waals surface area contributed by atoms with Crippen molar-refractivity contribution in [3.63, 3.8) is 0 Å². The fraction of sp³-hybridized carbons (Fsp3) is 0.474. The van der Waals surface area contributed by atoms with Crippen molar-refractivity contribution in [2.75, 3.05) is 19.6 Å². The van der Waals surface area contributed by atoms with Crippen LogP contribution in [0.5, 0.6) is 0 Å². The molecule has 1 aromatic heterocycles. The third-order valence-corrected chi connectivity index (χ3v) is 4.74. The Bertz CT molecular complexity index is 715. The van der Waals surface area contributed by atoms with Crippen LogP contribution in [-0.4, -0.2) is 40.0 Å². The van der Waals surface area contributed by atoms with E-state index in [0.29, 0.717) is 13.1 Å². The van der Waals surface area contributed by atoms with E-state index in [9.17, 15) is 9.18 Å². The van der Waals surface area contributed by atoms with Crippen molar-refractivity contribution in [1.82, 2.24) is 19.8 Å². The Balaban J connectivity index is 1.47. The summed E-state index contributed by atoms with van der Waals surface area (Å²) in [6, 6.07) is 6.68. The Hall–Kier alpha value is -2.21. The second-order valence-corrected chi connectivity index (χ2v) is 6.70. The van der Waals surface area contributed by atoms with Crippen molar-refractivity contribution in [3.05, 3.63) is 53.9 Å². The summed E-state index contributed by atoms with van der Waals surface area (Å²) < 4.78 is 15.3. The summed E-state index contributed by atoms with van der Waals surface area (Å²) in [6.45, 7) is 2.97. The maximum absolute atomic E-state index is 13.3. The Morgan fingerprint density at radius 1 is 1.44 bits per heavy atom. The van der Waals surface area contributed by atoms with Gasteiger partial charge < -0.3 is 9.88 Å². The molecular weight excluding hydrogens is 319 g/mol. The summed E-state index contributed by atoms with van der Waals surface area (Å²) in [6.07, 6.45) is 6.31. The van der Waals surface area contributed by atoms with Gasteiger partial charge in [0, 0.05) is 45.5 Å². The molecule has 0 aliphatic carbocycles. The molecule has 0 bridgehead atoms. The van der Waals surface area contributed by atoms with E-state index in [1.807, 2.05) is 23.9 Å². The smallest absolute Gasteiger partial charge is 0.224 e. The molecule has 1 amide bonds. The Morgan fingerprint density at radius 3 is 3.08 bits per heavy atom. The van der Waals surface area contributed by atoms with Crippen LogP contribution in [-0.2, 0) is 24.8 Å². The van der Waals surface area contributed by atoms with Crippen LogP contribution in [0.2, 0.25) is 0 Å². The Kier molecular flexibility index (Phi) is 5.81. The molecule has 2 aromatic rings. The number of aromatic nitrogens is 2. The van der Waals surface area contributed by atoms with E-state index >= 15 is 0 Å². The minimum atomic E-state index is -0.210. The molecule has 1 aromatic carbocycles. The molecule has 6 heteroatoms. The number of amides is 1. The lowest BCUT2D eigenvalue weighted by Crippen LogP contribution is -2.43. The lowest BCUT2D eigenvalue weighted by molar-refractivity contribution is -0.126. The van der Waals surface area contributed by atoms with Crippen molar-refractivity contribution in [1.29, 1.82) is 0 Å². The van der Waals surface area contributed by atoms with Crippen molar-refractivity contribution in [2.45, 2.75) is 25.8 Å². The minimum Gasteiger partial charge on any atom is -0.355 e. The zero-order valence-electron chi connectivity index (χ0n) is 14.6. The topological polar surface area (TPSA) is 50.2 Å². The molecule has 0 spiro atoms. The van der Waals surface area contributed by atoms with Gasteiger partial charge in [0.25, 0.3) is 0 Å². The number of aryl methyl sites for hydroxylation is 1. The zero-order chi connectivity index (χ0) is 17.6. The predicted octanol–water partition coefficient (Wildman–Crippen LogP) is 2.13. The monoisotopic (exact) mass is 344 g/mol. The van der Waals surface area contributed by atoms with E-state index in [1.54, 1.807) is 18.3 Å². The van der Waals surface area contributed by atoms with Gasteiger partial charge >= 0.3 is 0 Å². The van der Waals surface area contributed by atoms with Gasteiger partial charge in [0.05, 0.1) is 5.92 Å². The molecule has 2 heterocycles. The van der Waals surface area contributed by atoms with Gasteiger partial charge in [0.1, 0.15) is 11.6 Å². The molecule has 1 aliphatic heterocycles. The fourth-order valence-electron chi connectivity index (χ4n) is 3.39. The highest BCUT2D eigenvalue weighted by Gasteiger charge is 2.25. The summed E-state index contributed by atoms with van der Waals surface area (Å²) >= 11 is 0. The molecule has 3 rings (SSSR count). The molecule has 1 aliphatic rings. The minimum absolute atomic E-state index is 0.00341. The summed E-state index contributed by atoms with van der Waals surface area (Å²) in [7, 11) is 1.95. The molecule has 25 heavy (non-hydrogen) atoms. The lowest BCUT2D eigenvalue weighted by atomic mass is 9.96. The number of carbonyl (C=O) groups is 1. The molecule has 1 saturated heterocycles. The van der Waals surface area contributed by atoms with Crippen LogP contribution >= 0.6 is 0 Å². The molecule has 5 nitrogen and oxygen atoms in total. The fourth-order valence-corrected chi connectivity index (χ4v) is 3.39. The number of imidazole rings is 1. The van der Waals surface area contributed by atoms with Crippen LogP contribution < -0.4 is 5.32 Å². The maximum Gasteiger partial charge on any atom is 0.224 e. The number of piperidine rings is 1. The molecule has 1 atom stereocenters. The molecule has 1 fully saturated rings. The standard InChI is InChI=1S/C19H25FN4O/c1-23-11-9-21-18(23)7-8-22-19(25)16-5-3-10-24(14-16)13-15-4-2-6-17(20)12-15/h2,4,6,9,11-12,16H,3,5,7-8,10,13-14H2,1H3,(H,22,25)/t16-/m1/s1. The highest BCUT2D eigenvalue weighted by molar-refractivity contribution is 5.78. The van der Waals surface area contributed by atoms with E-state index in [0.717, 1.165) is 43.7 Å². The second-order valence-electron chi connectivity index (χ2n) is 6.70. The predicted molar refractivity (Wildman–Crippen MR) is 94.3 cm³/mol. The Morgan fingerprint density at radius 2 is 2.32 bits per heavy atom. The molecule has 1 N–H and O–H groups in total. The number of hydrogen-bond donors (Lipinski definition) is 1. The van der Waals surface area contributed by atoms with Crippen molar-refractivity contribution < 1.29 is 9.18 Å². The van der Waals surface area contributed by atoms with Crippen molar-refractivity contribution in [3.8, 4) is 0 Å². The van der Waals surface area contributed by atoms with Gasteiger partial charge in [-0.1, -0.05) is 12.1 Å². The van der Waals surface area contributed by atoms with Gasteiger partial charge in [-0.05, 0) is 37.1 Å². The summed E-state index contributed by atoms with van der Waals surface area (Å²) in [5.74, 6) is 0.872. The van der Waals surface area contributed by atoms with Crippen LogP contribution in [0.15, 0.2) is 36.7 Å². The number of benzene rings is 1. The maximum atomic E-state index is 13.3. The Labute approximate surface area is 147 Å². The average Bonchev–Trinajstić information content (AvgIpc) is 3.00. The first kappa shape index (κ1) is 17.6. The molecule has 0 radical (unpaired) electrons.